The monoisotopic (exact) mass is 323 g/mol. The highest BCUT2D eigenvalue weighted by Gasteiger charge is 2.18. The Morgan fingerprint density at radius 2 is 2.28 bits per heavy atom. The summed E-state index contributed by atoms with van der Waals surface area (Å²) in [5, 5.41) is 5.51. The van der Waals surface area contributed by atoms with Crippen molar-refractivity contribution in [2.75, 3.05) is 13.7 Å². The Morgan fingerprint density at radius 3 is 3.00 bits per heavy atom. The average Bonchev–Trinajstić information content (AvgIpc) is 2.99. The largest absolute Gasteiger partial charge is 0.493 e. The van der Waals surface area contributed by atoms with Crippen LogP contribution >= 0.6 is 27.3 Å². The van der Waals surface area contributed by atoms with Crippen molar-refractivity contribution in [3.05, 3.63) is 50.1 Å². The molecule has 0 radical (unpaired) electrons. The van der Waals surface area contributed by atoms with E-state index in [0.717, 1.165) is 23.2 Å². The van der Waals surface area contributed by atoms with Crippen molar-refractivity contribution in [1.82, 2.24) is 5.32 Å². The minimum absolute atomic E-state index is 0.257. The highest BCUT2D eigenvalue weighted by atomic mass is 79.9. The van der Waals surface area contributed by atoms with Crippen molar-refractivity contribution in [2.45, 2.75) is 12.5 Å². The van der Waals surface area contributed by atoms with Crippen LogP contribution in [0.3, 0.4) is 0 Å². The fraction of sp³-hybridized carbons (Fsp3) is 0.286. The number of thiophene rings is 1. The molecule has 18 heavy (non-hydrogen) atoms. The molecule has 2 nitrogen and oxygen atoms in total. The molecule has 1 N–H and O–H groups in total. The summed E-state index contributed by atoms with van der Waals surface area (Å²) in [5.41, 5.74) is 2.62. The van der Waals surface area contributed by atoms with Crippen LogP contribution in [0.2, 0.25) is 0 Å². The smallest absolute Gasteiger partial charge is 0.122 e. The van der Waals surface area contributed by atoms with E-state index in [4.69, 9.17) is 4.74 Å². The van der Waals surface area contributed by atoms with E-state index in [1.54, 1.807) is 11.3 Å². The summed E-state index contributed by atoms with van der Waals surface area (Å²) in [5.74, 6) is 1.04. The van der Waals surface area contributed by atoms with E-state index < -0.39 is 0 Å². The molecule has 0 fully saturated rings. The third-order valence-electron chi connectivity index (χ3n) is 3.21. The SMILES string of the molecule is CNC(c1ccc2c(c1)CCO2)c1cc(Br)cs1. The van der Waals surface area contributed by atoms with Gasteiger partial charge in [-0.05, 0) is 46.2 Å². The van der Waals surface area contributed by atoms with Gasteiger partial charge in [-0.1, -0.05) is 12.1 Å². The molecule has 3 rings (SSSR count). The normalized spacial score (nSPS) is 15.2. The lowest BCUT2D eigenvalue weighted by molar-refractivity contribution is 0.357. The van der Waals surface area contributed by atoms with Crippen LogP contribution in [0.15, 0.2) is 34.1 Å². The van der Waals surface area contributed by atoms with Crippen molar-refractivity contribution in [1.29, 1.82) is 0 Å². The third-order valence-corrected chi connectivity index (χ3v) is 4.97. The third kappa shape index (κ3) is 2.20. The number of rotatable bonds is 3. The van der Waals surface area contributed by atoms with E-state index in [2.05, 4.69) is 50.9 Å². The molecule has 0 bridgehead atoms. The van der Waals surface area contributed by atoms with Gasteiger partial charge in [-0.3, -0.25) is 0 Å². The summed E-state index contributed by atoms with van der Waals surface area (Å²) in [4.78, 5) is 1.32. The first-order chi connectivity index (χ1) is 8.78. The van der Waals surface area contributed by atoms with Gasteiger partial charge < -0.3 is 10.1 Å². The zero-order chi connectivity index (χ0) is 12.5. The second kappa shape index (κ2) is 5.03. The molecule has 0 aliphatic carbocycles. The lowest BCUT2D eigenvalue weighted by atomic mass is 10.0. The van der Waals surface area contributed by atoms with Gasteiger partial charge in [0.15, 0.2) is 0 Å². The molecule has 94 valence electrons. The molecule has 1 unspecified atom stereocenters. The van der Waals surface area contributed by atoms with Crippen molar-refractivity contribution >= 4 is 27.3 Å². The molecule has 1 atom stereocenters. The predicted octanol–water partition coefficient (Wildman–Crippen LogP) is 3.75. The van der Waals surface area contributed by atoms with Gasteiger partial charge in [-0.2, -0.15) is 0 Å². The molecule has 4 heteroatoms. The van der Waals surface area contributed by atoms with Crippen LogP contribution in [0.25, 0.3) is 0 Å². The summed E-state index contributed by atoms with van der Waals surface area (Å²) in [6, 6.07) is 8.93. The van der Waals surface area contributed by atoms with Crippen LogP contribution in [0.5, 0.6) is 5.75 Å². The molecule has 1 aromatic carbocycles. The van der Waals surface area contributed by atoms with Gasteiger partial charge in [0.1, 0.15) is 5.75 Å². The average molecular weight is 324 g/mol. The quantitative estimate of drug-likeness (QED) is 0.928. The first-order valence-corrected chi connectivity index (χ1v) is 7.62. The Labute approximate surface area is 119 Å². The van der Waals surface area contributed by atoms with Crippen LogP contribution in [0.1, 0.15) is 22.0 Å². The van der Waals surface area contributed by atoms with E-state index in [1.165, 1.54) is 16.0 Å². The van der Waals surface area contributed by atoms with Crippen LogP contribution in [-0.4, -0.2) is 13.7 Å². The Morgan fingerprint density at radius 1 is 1.39 bits per heavy atom. The van der Waals surface area contributed by atoms with Gasteiger partial charge in [-0.15, -0.1) is 11.3 Å². The number of nitrogens with one attached hydrogen (secondary N) is 1. The zero-order valence-electron chi connectivity index (χ0n) is 10.1. The van der Waals surface area contributed by atoms with E-state index in [9.17, 15) is 0 Å². The number of ether oxygens (including phenoxy) is 1. The first kappa shape index (κ1) is 12.2. The van der Waals surface area contributed by atoms with Crippen LogP contribution in [-0.2, 0) is 6.42 Å². The number of hydrogen-bond donors (Lipinski definition) is 1. The lowest BCUT2D eigenvalue weighted by Crippen LogP contribution is -2.16. The fourth-order valence-corrected chi connectivity index (χ4v) is 3.92. The molecule has 0 saturated carbocycles. The molecule has 0 spiro atoms. The van der Waals surface area contributed by atoms with E-state index in [0.29, 0.717) is 0 Å². The van der Waals surface area contributed by atoms with Crippen molar-refractivity contribution in [3.63, 3.8) is 0 Å². The second-order valence-electron chi connectivity index (χ2n) is 4.35. The van der Waals surface area contributed by atoms with Crippen molar-refractivity contribution in [3.8, 4) is 5.75 Å². The summed E-state index contributed by atoms with van der Waals surface area (Å²) < 4.78 is 6.70. The molecule has 2 heterocycles. The van der Waals surface area contributed by atoms with Crippen LogP contribution in [0, 0.1) is 0 Å². The highest BCUT2D eigenvalue weighted by Crippen LogP contribution is 2.33. The van der Waals surface area contributed by atoms with Gasteiger partial charge in [0.05, 0.1) is 12.6 Å². The fourth-order valence-electron chi connectivity index (χ4n) is 2.34. The summed E-state index contributed by atoms with van der Waals surface area (Å²) in [6.45, 7) is 0.813. The molecule has 1 aliphatic rings. The number of fused-ring (bicyclic) bond motifs is 1. The number of hydrogen-bond acceptors (Lipinski definition) is 3. The lowest BCUT2D eigenvalue weighted by Gasteiger charge is -2.15. The molecular weight excluding hydrogens is 310 g/mol. The maximum Gasteiger partial charge on any atom is 0.122 e. The first-order valence-electron chi connectivity index (χ1n) is 5.95. The van der Waals surface area contributed by atoms with Gasteiger partial charge >= 0.3 is 0 Å². The van der Waals surface area contributed by atoms with Gasteiger partial charge in [0, 0.05) is 21.2 Å². The highest BCUT2D eigenvalue weighted by molar-refractivity contribution is 9.10. The maximum atomic E-state index is 5.55. The molecular formula is C14H14BrNOS. The van der Waals surface area contributed by atoms with E-state index >= 15 is 0 Å². The minimum atomic E-state index is 0.257. The van der Waals surface area contributed by atoms with Crippen LogP contribution in [0.4, 0.5) is 0 Å². The summed E-state index contributed by atoms with van der Waals surface area (Å²) >= 11 is 5.28. The van der Waals surface area contributed by atoms with Gasteiger partial charge in [-0.25, -0.2) is 0 Å². The Kier molecular flexibility index (Phi) is 3.41. The summed E-state index contributed by atoms with van der Waals surface area (Å²) in [7, 11) is 2.00. The van der Waals surface area contributed by atoms with Crippen molar-refractivity contribution in [2.24, 2.45) is 0 Å². The minimum Gasteiger partial charge on any atom is -0.493 e. The zero-order valence-corrected chi connectivity index (χ0v) is 12.5. The maximum absolute atomic E-state index is 5.55. The van der Waals surface area contributed by atoms with Gasteiger partial charge in [0.25, 0.3) is 0 Å². The van der Waals surface area contributed by atoms with E-state index in [-0.39, 0.29) is 6.04 Å². The van der Waals surface area contributed by atoms with Gasteiger partial charge in [0.2, 0.25) is 0 Å². The molecule has 1 aliphatic heterocycles. The Balaban J connectivity index is 1.96. The Bertz CT molecular complexity index is 567. The number of halogens is 1. The standard InChI is InChI=1S/C14H14BrNOS/c1-16-14(13-7-11(15)8-18-13)10-2-3-12-9(6-10)4-5-17-12/h2-3,6-8,14,16H,4-5H2,1H3. The van der Waals surface area contributed by atoms with Crippen molar-refractivity contribution < 1.29 is 4.74 Å². The molecule has 0 amide bonds. The van der Waals surface area contributed by atoms with Crippen LogP contribution < -0.4 is 10.1 Å². The van der Waals surface area contributed by atoms with E-state index in [1.807, 2.05) is 7.05 Å². The molecule has 1 aromatic heterocycles. The predicted molar refractivity (Wildman–Crippen MR) is 78.6 cm³/mol. The summed E-state index contributed by atoms with van der Waals surface area (Å²) in [6.07, 6.45) is 1.02. The molecule has 0 saturated heterocycles. The molecule has 2 aromatic rings. The second-order valence-corrected chi connectivity index (χ2v) is 6.21. The topological polar surface area (TPSA) is 21.3 Å². The Hall–Kier alpha value is -0.840. The number of benzene rings is 1.